The van der Waals surface area contributed by atoms with Crippen molar-refractivity contribution in [1.29, 1.82) is 0 Å². The molecule has 0 saturated heterocycles. The maximum Gasteiger partial charge on any atom is 0.470 e. The zero-order chi connectivity index (χ0) is 30.2. The molecule has 0 spiro atoms. The molecule has 6 atom stereocenters. The van der Waals surface area contributed by atoms with Crippen LogP contribution in [-0.2, 0) is 55.9 Å². The highest BCUT2D eigenvalue weighted by Crippen LogP contribution is 2.51. The van der Waals surface area contributed by atoms with Gasteiger partial charge in [-0.15, -0.1) is 0 Å². The lowest BCUT2D eigenvalue weighted by atomic mass is 9.84. The van der Waals surface area contributed by atoms with Gasteiger partial charge in [0.1, 0.15) is 18.3 Å². The average Bonchev–Trinajstić information content (AvgIpc) is 2.73. The average molecular weight is 630 g/mol. The standard InChI is InChI=1S/C18H33O18P3/c1-4-7-10(19)31-13-14(32-11(20)8-5-2)16(34-37(22,23)24)18(36-39(28,29)30)17(35-38(25,26)27)15(13)33-12(21)9-6-3/h13-18H,4-9H2,1-3H3,(H2,22,23,24)(H2,25,26,27)(H2,28,29,30)/t13?,14-,15+,16-,17-,18?/m1/s1. The number of carbonyl (C=O) groups is 3. The number of ether oxygens (including phenoxy) is 3. The monoisotopic (exact) mass is 630 g/mol. The molecule has 1 fully saturated rings. The second-order valence-corrected chi connectivity index (χ2v) is 11.9. The molecule has 0 radical (unpaired) electrons. The highest BCUT2D eigenvalue weighted by Gasteiger charge is 2.62. The van der Waals surface area contributed by atoms with Gasteiger partial charge in [0.05, 0.1) is 0 Å². The number of esters is 3. The summed E-state index contributed by atoms with van der Waals surface area (Å²) in [6.45, 7) is 4.69. The minimum absolute atomic E-state index is 0.192. The van der Waals surface area contributed by atoms with E-state index >= 15 is 0 Å². The van der Waals surface area contributed by atoms with Crippen molar-refractivity contribution in [2.75, 3.05) is 0 Å². The smallest absolute Gasteiger partial charge is 0.455 e. The fourth-order valence-electron chi connectivity index (χ4n) is 3.60. The summed E-state index contributed by atoms with van der Waals surface area (Å²) in [4.78, 5) is 94.3. The van der Waals surface area contributed by atoms with Crippen LogP contribution >= 0.6 is 23.5 Å². The first-order chi connectivity index (χ1) is 17.8. The third-order valence-corrected chi connectivity index (χ3v) is 6.44. The number of rotatable bonds is 15. The molecule has 228 valence electrons. The Morgan fingerprint density at radius 2 is 0.692 bits per heavy atom. The van der Waals surface area contributed by atoms with E-state index in [9.17, 15) is 57.4 Å². The molecule has 1 aliphatic rings. The van der Waals surface area contributed by atoms with Crippen LogP contribution in [0.1, 0.15) is 59.3 Å². The van der Waals surface area contributed by atoms with Crippen molar-refractivity contribution >= 4 is 41.4 Å². The van der Waals surface area contributed by atoms with E-state index in [0.717, 1.165) is 0 Å². The van der Waals surface area contributed by atoms with Gasteiger partial charge in [-0.1, -0.05) is 20.8 Å². The van der Waals surface area contributed by atoms with Crippen LogP contribution in [0.15, 0.2) is 0 Å². The van der Waals surface area contributed by atoms with Crippen LogP contribution in [-0.4, -0.2) is 83.9 Å². The van der Waals surface area contributed by atoms with E-state index in [0.29, 0.717) is 0 Å². The van der Waals surface area contributed by atoms with E-state index in [1.165, 1.54) is 0 Å². The second-order valence-electron chi connectivity index (χ2n) is 8.30. The lowest BCUT2D eigenvalue weighted by Crippen LogP contribution is -2.67. The van der Waals surface area contributed by atoms with Crippen molar-refractivity contribution < 1.29 is 85.2 Å². The molecule has 0 amide bonds. The Balaban J connectivity index is 3.94. The van der Waals surface area contributed by atoms with Gasteiger partial charge in [-0.25, -0.2) is 13.7 Å². The molecule has 0 aromatic carbocycles. The van der Waals surface area contributed by atoms with E-state index in [1.54, 1.807) is 20.8 Å². The second kappa shape index (κ2) is 15.1. The minimum atomic E-state index is -5.70. The summed E-state index contributed by atoms with van der Waals surface area (Å²) in [7, 11) is -17.0. The molecule has 21 heteroatoms. The lowest BCUT2D eigenvalue weighted by molar-refractivity contribution is -0.241. The molecule has 39 heavy (non-hydrogen) atoms. The van der Waals surface area contributed by atoms with E-state index in [2.05, 4.69) is 13.6 Å². The molecule has 1 rings (SSSR count). The molecular formula is C18H33O18P3. The predicted octanol–water partition coefficient (Wildman–Crippen LogP) is 0.569. The number of hydrogen-bond acceptors (Lipinski definition) is 12. The molecule has 1 aliphatic carbocycles. The fourth-order valence-corrected chi connectivity index (χ4v) is 5.28. The number of phosphoric acid groups is 3. The molecule has 18 nitrogen and oxygen atoms in total. The summed E-state index contributed by atoms with van der Waals surface area (Å²) in [5.74, 6) is -3.17. The zero-order valence-electron chi connectivity index (χ0n) is 21.1. The van der Waals surface area contributed by atoms with Crippen LogP contribution in [0.2, 0.25) is 0 Å². The molecule has 0 bridgehead atoms. The largest absolute Gasteiger partial charge is 0.470 e. The SMILES string of the molecule is CCCC(=O)OC1[C@@H](OC(=O)CCC)[C@@H](OP(=O)(O)O)C(OP(=O)(O)O)[C@H](OP(=O)(O)O)[C@H]1OC(=O)CCC. The normalized spacial score (nSPS) is 26.1. The molecule has 0 aromatic heterocycles. The fraction of sp³-hybridized carbons (Fsp3) is 0.833. The first kappa shape index (κ1) is 35.8. The first-order valence-corrected chi connectivity index (χ1v) is 16.2. The van der Waals surface area contributed by atoms with Crippen molar-refractivity contribution in [1.82, 2.24) is 0 Å². The summed E-state index contributed by atoms with van der Waals surface area (Å²) in [6.07, 6.45) is -14.3. The number of hydrogen-bond donors (Lipinski definition) is 6. The summed E-state index contributed by atoms with van der Waals surface area (Å²) in [5, 5.41) is 0. The molecule has 0 aliphatic heterocycles. The van der Waals surface area contributed by atoms with Gasteiger partial charge in [0, 0.05) is 19.3 Å². The summed E-state index contributed by atoms with van der Waals surface area (Å²) in [5.41, 5.74) is 0. The van der Waals surface area contributed by atoms with E-state index in [1.807, 2.05) is 0 Å². The van der Waals surface area contributed by atoms with Crippen molar-refractivity contribution in [3.8, 4) is 0 Å². The Kier molecular flexibility index (Phi) is 13.9. The molecule has 1 saturated carbocycles. The zero-order valence-corrected chi connectivity index (χ0v) is 23.8. The van der Waals surface area contributed by atoms with Gasteiger partial charge in [0.15, 0.2) is 18.3 Å². The maximum absolute atomic E-state index is 12.5. The van der Waals surface area contributed by atoms with Gasteiger partial charge in [0.2, 0.25) is 0 Å². The van der Waals surface area contributed by atoms with E-state index in [4.69, 9.17) is 14.2 Å². The Morgan fingerprint density at radius 3 is 0.897 bits per heavy atom. The summed E-state index contributed by atoms with van der Waals surface area (Å²) < 4.78 is 64.9. The third kappa shape index (κ3) is 12.9. The molecule has 0 aromatic rings. The van der Waals surface area contributed by atoms with Gasteiger partial charge < -0.3 is 43.6 Å². The third-order valence-electron chi connectivity index (χ3n) is 4.88. The molecule has 2 unspecified atom stereocenters. The quantitative estimate of drug-likeness (QED) is 0.0819. The molecular weight excluding hydrogens is 597 g/mol. The van der Waals surface area contributed by atoms with Gasteiger partial charge >= 0.3 is 41.4 Å². The minimum Gasteiger partial charge on any atom is -0.455 e. The highest BCUT2D eigenvalue weighted by atomic mass is 31.2. The first-order valence-electron chi connectivity index (χ1n) is 11.6. The Labute approximate surface area is 223 Å². The van der Waals surface area contributed by atoms with Crippen molar-refractivity contribution in [2.45, 2.75) is 95.9 Å². The van der Waals surface area contributed by atoms with Gasteiger partial charge in [-0.05, 0) is 19.3 Å². The van der Waals surface area contributed by atoms with Crippen LogP contribution in [0.3, 0.4) is 0 Å². The van der Waals surface area contributed by atoms with Crippen LogP contribution < -0.4 is 0 Å². The van der Waals surface area contributed by atoms with Crippen LogP contribution in [0, 0.1) is 0 Å². The van der Waals surface area contributed by atoms with Crippen LogP contribution in [0.5, 0.6) is 0 Å². The number of phosphoric ester groups is 3. The van der Waals surface area contributed by atoms with Crippen molar-refractivity contribution in [2.24, 2.45) is 0 Å². The predicted molar refractivity (Wildman–Crippen MR) is 125 cm³/mol. The summed E-state index contributed by atoms with van der Waals surface area (Å²) >= 11 is 0. The maximum atomic E-state index is 12.5. The Hall–Kier alpha value is -1.26. The Morgan fingerprint density at radius 1 is 0.487 bits per heavy atom. The lowest BCUT2D eigenvalue weighted by Gasteiger charge is -2.47. The van der Waals surface area contributed by atoms with Crippen molar-refractivity contribution in [3.63, 3.8) is 0 Å². The summed E-state index contributed by atoms with van der Waals surface area (Å²) in [6, 6.07) is 0. The number of carbonyl (C=O) groups excluding carboxylic acids is 3. The van der Waals surface area contributed by atoms with Gasteiger partial charge in [-0.2, -0.15) is 0 Å². The van der Waals surface area contributed by atoms with Gasteiger partial charge in [0.25, 0.3) is 0 Å². The highest BCUT2D eigenvalue weighted by molar-refractivity contribution is 7.47. The molecule has 6 N–H and O–H groups in total. The van der Waals surface area contributed by atoms with Crippen molar-refractivity contribution in [3.05, 3.63) is 0 Å². The van der Waals surface area contributed by atoms with E-state index < -0.39 is 78.0 Å². The topological polar surface area (TPSA) is 279 Å². The van der Waals surface area contributed by atoms with Crippen LogP contribution in [0.25, 0.3) is 0 Å². The van der Waals surface area contributed by atoms with E-state index in [-0.39, 0.29) is 38.5 Å². The molecule has 0 heterocycles. The Bertz CT molecular complexity index is 928. The van der Waals surface area contributed by atoms with Crippen LogP contribution in [0.4, 0.5) is 0 Å². The van der Waals surface area contributed by atoms with Gasteiger partial charge in [-0.3, -0.25) is 28.0 Å².